The van der Waals surface area contributed by atoms with E-state index in [2.05, 4.69) is 25.1 Å². The number of hydrogen-bond donors (Lipinski definition) is 1. The van der Waals surface area contributed by atoms with Crippen LogP contribution in [0.2, 0.25) is 0 Å². The number of H-pyrrole nitrogens is 1. The summed E-state index contributed by atoms with van der Waals surface area (Å²) in [5.41, 5.74) is 0. The Balaban J connectivity index is 1.93. The summed E-state index contributed by atoms with van der Waals surface area (Å²) < 4.78 is 0. The molecule has 0 aliphatic carbocycles. The zero-order chi connectivity index (χ0) is 10.5. The fourth-order valence-corrected chi connectivity index (χ4v) is 1.74. The Morgan fingerprint density at radius 2 is 2.33 bits per heavy atom. The Labute approximate surface area is 91.8 Å². The maximum Gasteiger partial charge on any atom is 0.150 e. The van der Waals surface area contributed by atoms with Crippen molar-refractivity contribution in [3.05, 3.63) is 30.2 Å². The number of aromatic amines is 1. The van der Waals surface area contributed by atoms with Crippen LogP contribution in [0.4, 0.5) is 0 Å². The van der Waals surface area contributed by atoms with Crippen molar-refractivity contribution in [2.45, 2.75) is 24.1 Å². The fourth-order valence-electron chi connectivity index (χ4n) is 1.06. The maximum absolute atomic E-state index is 4.31. The second-order valence-corrected chi connectivity index (χ2v) is 3.88. The van der Waals surface area contributed by atoms with Crippen LogP contribution in [0.1, 0.15) is 18.6 Å². The van der Waals surface area contributed by atoms with E-state index in [1.807, 2.05) is 6.92 Å². The van der Waals surface area contributed by atoms with Crippen molar-refractivity contribution in [3.63, 3.8) is 0 Å². The molecular weight excluding hydrogens is 210 g/mol. The molecule has 0 saturated heterocycles. The van der Waals surface area contributed by atoms with Crippen molar-refractivity contribution >= 4 is 11.8 Å². The highest BCUT2D eigenvalue weighted by Gasteiger charge is 2.02. The molecule has 78 valence electrons. The van der Waals surface area contributed by atoms with E-state index in [0.717, 1.165) is 28.8 Å². The van der Waals surface area contributed by atoms with Gasteiger partial charge < -0.3 is 0 Å². The Morgan fingerprint density at radius 1 is 1.40 bits per heavy atom. The number of nitrogens with zero attached hydrogens (tertiary/aromatic N) is 4. The fraction of sp³-hybridized carbons (Fsp3) is 0.333. The van der Waals surface area contributed by atoms with E-state index in [9.17, 15) is 0 Å². The molecule has 2 aromatic heterocycles. The third-order valence-corrected chi connectivity index (χ3v) is 2.71. The Kier molecular flexibility index (Phi) is 3.29. The number of rotatable bonds is 4. The first kappa shape index (κ1) is 10.1. The van der Waals surface area contributed by atoms with Crippen molar-refractivity contribution in [1.82, 2.24) is 25.1 Å². The van der Waals surface area contributed by atoms with E-state index in [0.29, 0.717) is 0 Å². The molecule has 0 fully saturated rings. The molecule has 2 heterocycles. The minimum atomic E-state index is 0.742. The van der Waals surface area contributed by atoms with Gasteiger partial charge in [-0.3, -0.25) is 10.1 Å². The lowest BCUT2D eigenvalue weighted by molar-refractivity contribution is 0.945. The number of aromatic nitrogens is 5. The van der Waals surface area contributed by atoms with Crippen LogP contribution in [-0.2, 0) is 12.2 Å². The zero-order valence-corrected chi connectivity index (χ0v) is 9.16. The molecule has 15 heavy (non-hydrogen) atoms. The van der Waals surface area contributed by atoms with Crippen LogP contribution >= 0.6 is 11.8 Å². The molecule has 0 saturated carbocycles. The van der Waals surface area contributed by atoms with Crippen molar-refractivity contribution in [2.24, 2.45) is 0 Å². The number of thioether (sulfide) groups is 1. The summed E-state index contributed by atoms with van der Waals surface area (Å²) in [5.74, 6) is 2.47. The van der Waals surface area contributed by atoms with Crippen molar-refractivity contribution in [2.75, 3.05) is 0 Å². The summed E-state index contributed by atoms with van der Waals surface area (Å²) in [6.45, 7) is 2.03. The molecule has 0 radical (unpaired) electrons. The van der Waals surface area contributed by atoms with Crippen LogP contribution in [0.25, 0.3) is 0 Å². The number of hydrogen-bond acceptors (Lipinski definition) is 5. The van der Waals surface area contributed by atoms with E-state index in [1.54, 1.807) is 30.4 Å². The van der Waals surface area contributed by atoms with E-state index < -0.39 is 0 Å². The smallest absolute Gasteiger partial charge is 0.150 e. The molecule has 2 rings (SSSR count). The Bertz CT molecular complexity index is 413. The highest BCUT2D eigenvalue weighted by Crippen LogP contribution is 2.17. The largest absolute Gasteiger partial charge is 0.262 e. The van der Waals surface area contributed by atoms with E-state index in [1.165, 1.54) is 0 Å². The highest BCUT2D eigenvalue weighted by molar-refractivity contribution is 7.98. The molecule has 0 aliphatic rings. The minimum Gasteiger partial charge on any atom is -0.262 e. The maximum atomic E-state index is 4.31. The summed E-state index contributed by atoms with van der Waals surface area (Å²) in [6.07, 6.45) is 5.93. The quantitative estimate of drug-likeness (QED) is 0.791. The molecular formula is C9H11N5S. The number of aryl methyl sites for hydroxylation is 1. The standard InChI is InChI=1S/C9H11N5S/c1-2-7-12-8(14-13-7)6-15-9-5-10-3-4-11-9/h3-5H,2,6H2,1H3,(H,12,13,14). The van der Waals surface area contributed by atoms with Gasteiger partial charge in [-0.15, -0.1) is 0 Å². The van der Waals surface area contributed by atoms with Gasteiger partial charge in [0.25, 0.3) is 0 Å². The lowest BCUT2D eigenvalue weighted by Crippen LogP contribution is -1.87. The van der Waals surface area contributed by atoms with E-state index >= 15 is 0 Å². The van der Waals surface area contributed by atoms with Crippen LogP contribution in [0.5, 0.6) is 0 Å². The third-order valence-electron chi connectivity index (χ3n) is 1.79. The average molecular weight is 221 g/mol. The summed E-state index contributed by atoms with van der Waals surface area (Å²) >= 11 is 1.59. The van der Waals surface area contributed by atoms with Crippen LogP contribution in [0.15, 0.2) is 23.6 Å². The molecule has 0 aliphatic heterocycles. The van der Waals surface area contributed by atoms with E-state index in [-0.39, 0.29) is 0 Å². The van der Waals surface area contributed by atoms with Crippen molar-refractivity contribution in [1.29, 1.82) is 0 Å². The SMILES string of the molecule is CCc1n[nH]c(CSc2cnccn2)n1. The van der Waals surface area contributed by atoms with Gasteiger partial charge in [-0.05, 0) is 0 Å². The summed E-state index contributed by atoms with van der Waals surface area (Å²) in [4.78, 5) is 12.5. The highest BCUT2D eigenvalue weighted by atomic mass is 32.2. The van der Waals surface area contributed by atoms with Gasteiger partial charge in [0.2, 0.25) is 0 Å². The van der Waals surface area contributed by atoms with Gasteiger partial charge in [0, 0.05) is 18.8 Å². The number of nitrogens with one attached hydrogen (secondary N) is 1. The van der Waals surface area contributed by atoms with E-state index in [4.69, 9.17) is 0 Å². The molecule has 0 bridgehead atoms. The molecule has 0 aromatic carbocycles. The van der Waals surface area contributed by atoms with Gasteiger partial charge in [0.05, 0.1) is 11.9 Å². The first-order valence-electron chi connectivity index (χ1n) is 4.67. The van der Waals surface area contributed by atoms with Gasteiger partial charge in [0.15, 0.2) is 0 Å². The second kappa shape index (κ2) is 4.88. The third kappa shape index (κ3) is 2.76. The molecule has 0 atom stereocenters. The average Bonchev–Trinajstić information content (AvgIpc) is 2.76. The topological polar surface area (TPSA) is 67.3 Å². The van der Waals surface area contributed by atoms with Crippen LogP contribution in [0, 0.1) is 0 Å². The zero-order valence-electron chi connectivity index (χ0n) is 8.34. The molecule has 0 spiro atoms. The normalized spacial score (nSPS) is 10.5. The molecule has 2 aromatic rings. The molecule has 0 amide bonds. The van der Waals surface area contributed by atoms with Gasteiger partial charge in [-0.25, -0.2) is 9.97 Å². The van der Waals surface area contributed by atoms with Gasteiger partial charge >= 0.3 is 0 Å². The lowest BCUT2D eigenvalue weighted by Gasteiger charge is -1.95. The first-order valence-corrected chi connectivity index (χ1v) is 5.66. The van der Waals surface area contributed by atoms with Crippen LogP contribution in [-0.4, -0.2) is 25.1 Å². The molecule has 5 nitrogen and oxygen atoms in total. The van der Waals surface area contributed by atoms with Gasteiger partial charge in [0.1, 0.15) is 16.7 Å². The second-order valence-electron chi connectivity index (χ2n) is 2.88. The van der Waals surface area contributed by atoms with Crippen molar-refractivity contribution in [3.8, 4) is 0 Å². The van der Waals surface area contributed by atoms with Crippen LogP contribution in [0.3, 0.4) is 0 Å². The van der Waals surface area contributed by atoms with Gasteiger partial charge in [-0.2, -0.15) is 5.10 Å². The Morgan fingerprint density at radius 3 is 3.00 bits per heavy atom. The first-order chi connectivity index (χ1) is 7.38. The predicted molar refractivity (Wildman–Crippen MR) is 57.4 cm³/mol. The Hall–Kier alpha value is -1.43. The van der Waals surface area contributed by atoms with Crippen LogP contribution < -0.4 is 0 Å². The summed E-state index contributed by atoms with van der Waals surface area (Å²) in [5, 5.41) is 7.85. The molecule has 1 N–H and O–H groups in total. The molecule has 0 unspecified atom stereocenters. The predicted octanol–water partition coefficient (Wildman–Crippen LogP) is 1.45. The molecule has 6 heteroatoms. The summed E-state index contributed by atoms with van der Waals surface area (Å²) in [7, 11) is 0. The van der Waals surface area contributed by atoms with Gasteiger partial charge in [-0.1, -0.05) is 18.7 Å². The van der Waals surface area contributed by atoms with Crippen molar-refractivity contribution < 1.29 is 0 Å². The summed E-state index contributed by atoms with van der Waals surface area (Å²) in [6, 6.07) is 0. The lowest BCUT2D eigenvalue weighted by atomic mass is 10.5. The monoisotopic (exact) mass is 221 g/mol. The minimum absolute atomic E-state index is 0.742.